The van der Waals surface area contributed by atoms with Gasteiger partial charge in [-0.15, -0.1) is 0 Å². The number of ether oxygens (including phenoxy) is 2. The second kappa shape index (κ2) is 7.78. The third-order valence-electron chi connectivity index (χ3n) is 3.74. The van der Waals surface area contributed by atoms with Gasteiger partial charge in [-0.25, -0.2) is 4.79 Å². The minimum absolute atomic E-state index is 0.308. The van der Waals surface area contributed by atoms with Gasteiger partial charge in [-0.05, 0) is 32.4 Å². The van der Waals surface area contributed by atoms with Gasteiger partial charge in [-0.2, -0.15) is 0 Å². The average molecular weight is 336 g/mol. The van der Waals surface area contributed by atoms with E-state index in [4.69, 9.17) is 9.84 Å². The number of fused-ring (bicyclic) bond motifs is 1. The Hall–Kier alpha value is -2.61. The number of aromatic nitrogens is 2. The molecule has 1 aromatic carbocycles. The van der Waals surface area contributed by atoms with Gasteiger partial charge < -0.3 is 24.1 Å². The van der Waals surface area contributed by atoms with Crippen molar-refractivity contribution < 1.29 is 19.4 Å². The molecule has 2 atom stereocenters. The molecule has 0 saturated heterocycles. The van der Waals surface area contributed by atoms with Gasteiger partial charge in [0.2, 0.25) is 0 Å². The predicted octanol–water partition coefficient (Wildman–Crippen LogP) is 1.57. The van der Waals surface area contributed by atoms with E-state index in [1.807, 2.05) is 0 Å². The highest BCUT2D eigenvalue weighted by Gasteiger charge is 2.16. The molecule has 2 unspecified atom stereocenters. The van der Waals surface area contributed by atoms with Crippen molar-refractivity contribution in [3.05, 3.63) is 45.0 Å². The summed E-state index contributed by atoms with van der Waals surface area (Å²) in [5.74, 6) is 0. The standard InChI is InChI=1S/C16H20N2O6/c1-10(11(2)24-16(21)22)23-9-5-8-18-13-7-4-3-6-12(13)17-14(19)15(18)20/h3-4,6-7,10-11H,5,8-9H2,1-2H3,(H,17,19)(H,21,22). The van der Waals surface area contributed by atoms with Crippen LogP contribution in [0.3, 0.4) is 0 Å². The lowest BCUT2D eigenvalue weighted by atomic mass is 10.2. The van der Waals surface area contributed by atoms with Gasteiger partial charge in [0, 0.05) is 13.2 Å². The van der Waals surface area contributed by atoms with Gasteiger partial charge in [0.15, 0.2) is 0 Å². The van der Waals surface area contributed by atoms with Crippen molar-refractivity contribution in [1.29, 1.82) is 0 Å². The zero-order valence-corrected chi connectivity index (χ0v) is 13.5. The lowest BCUT2D eigenvalue weighted by molar-refractivity contribution is -0.0411. The summed E-state index contributed by atoms with van der Waals surface area (Å²) in [4.78, 5) is 36.8. The normalized spacial score (nSPS) is 13.6. The zero-order chi connectivity index (χ0) is 17.7. The molecule has 2 aromatic rings. The molecule has 0 radical (unpaired) electrons. The summed E-state index contributed by atoms with van der Waals surface area (Å²) in [6.45, 7) is 3.95. The number of carboxylic acid groups (broad SMARTS) is 1. The molecule has 24 heavy (non-hydrogen) atoms. The Morgan fingerprint density at radius 2 is 1.96 bits per heavy atom. The van der Waals surface area contributed by atoms with Crippen molar-refractivity contribution in [2.24, 2.45) is 0 Å². The summed E-state index contributed by atoms with van der Waals surface area (Å²) in [6.07, 6.45) is -1.85. The number of carbonyl (C=O) groups is 1. The molecule has 0 fully saturated rings. The van der Waals surface area contributed by atoms with Crippen molar-refractivity contribution in [3.63, 3.8) is 0 Å². The number of para-hydroxylation sites is 2. The highest BCUT2D eigenvalue weighted by Crippen LogP contribution is 2.08. The van der Waals surface area contributed by atoms with Gasteiger partial charge in [-0.1, -0.05) is 12.1 Å². The smallest absolute Gasteiger partial charge is 0.450 e. The number of H-pyrrole nitrogens is 1. The maximum Gasteiger partial charge on any atom is 0.506 e. The van der Waals surface area contributed by atoms with E-state index in [1.54, 1.807) is 38.1 Å². The minimum atomic E-state index is -1.35. The monoisotopic (exact) mass is 336 g/mol. The van der Waals surface area contributed by atoms with Crippen LogP contribution in [0.15, 0.2) is 33.9 Å². The molecule has 8 heteroatoms. The van der Waals surface area contributed by atoms with Crippen LogP contribution >= 0.6 is 0 Å². The number of nitrogens with zero attached hydrogens (tertiary/aromatic N) is 1. The number of hydrogen-bond donors (Lipinski definition) is 2. The topological polar surface area (TPSA) is 111 Å². The van der Waals surface area contributed by atoms with E-state index in [2.05, 4.69) is 9.72 Å². The van der Waals surface area contributed by atoms with Crippen LogP contribution in [0, 0.1) is 0 Å². The largest absolute Gasteiger partial charge is 0.506 e. The molecule has 8 nitrogen and oxygen atoms in total. The minimum Gasteiger partial charge on any atom is -0.450 e. The first-order valence-electron chi connectivity index (χ1n) is 7.63. The van der Waals surface area contributed by atoms with Crippen LogP contribution in [-0.2, 0) is 16.0 Å². The lowest BCUT2D eigenvalue weighted by Gasteiger charge is -2.19. The van der Waals surface area contributed by atoms with Crippen molar-refractivity contribution in [2.45, 2.75) is 39.0 Å². The molecule has 0 bridgehead atoms. The lowest BCUT2D eigenvalue weighted by Crippen LogP contribution is -2.36. The van der Waals surface area contributed by atoms with Crippen LogP contribution in [0.25, 0.3) is 11.0 Å². The van der Waals surface area contributed by atoms with Crippen molar-refractivity contribution in [3.8, 4) is 0 Å². The van der Waals surface area contributed by atoms with Crippen molar-refractivity contribution in [2.75, 3.05) is 6.61 Å². The molecule has 1 aromatic heterocycles. The molecule has 130 valence electrons. The first kappa shape index (κ1) is 17.7. The second-order valence-electron chi connectivity index (χ2n) is 5.45. The number of nitrogens with one attached hydrogen (secondary N) is 1. The Kier molecular flexibility index (Phi) is 5.75. The van der Waals surface area contributed by atoms with Crippen LogP contribution < -0.4 is 11.1 Å². The molecular weight excluding hydrogens is 316 g/mol. The summed E-state index contributed by atoms with van der Waals surface area (Å²) in [6, 6.07) is 7.07. The third kappa shape index (κ3) is 4.23. The Morgan fingerprint density at radius 3 is 2.67 bits per heavy atom. The molecule has 0 aliphatic rings. The summed E-state index contributed by atoms with van der Waals surface area (Å²) in [7, 11) is 0. The average Bonchev–Trinajstić information content (AvgIpc) is 2.53. The van der Waals surface area contributed by atoms with E-state index < -0.39 is 29.5 Å². The molecule has 1 heterocycles. The SMILES string of the molecule is CC(OCCCn1c(=O)c(=O)[nH]c2ccccc21)C(C)OC(=O)O. The molecule has 0 aliphatic heterocycles. The summed E-state index contributed by atoms with van der Waals surface area (Å²) in [5, 5.41) is 8.56. The summed E-state index contributed by atoms with van der Waals surface area (Å²) >= 11 is 0. The molecule has 0 amide bonds. The van der Waals surface area contributed by atoms with Crippen LogP contribution in [0.2, 0.25) is 0 Å². The Morgan fingerprint density at radius 1 is 1.25 bits per heavy atom. The van der Waals surface area contributed by atoms with Gasteiger partial charge in [0.25, 0.3) is 0 Å². The van der Waals surface area contributed by atoms with Crippen molar-refractivity contribution >= 4 is 17.2 Å². The highest BCUT2D eigenvalue weighted by atomic mass is 16.7. The number of aryl methyl sites for hydroxylation is 1. The van der Waals surface area contributed by atoms with Gasteiger partial charge in [-0.3, -0.25) is 9.59 Å². The molecule has 2 rings (SSSR count). The molecular formula is C16H20N2O6. The van der Waals surface area contributed by atoms with Crippen molar-refractivity contribution in [1.82, 2.24) is 9.55 Å². The van der Waals surface area contributed by atoms with Crippen LogP contribution in [0.5, 0.6) is 0 Å². The quantitative estimate of drug-likeness (QED) is 0.451. The van der Waals surface area contributed by atoms with Gasteiger partial charge in [0.1, 0.15) is 6.10 Å². The fraction of sp³-hybridized carbons (Fsp3) is 0.438. The van der Waals surface area contributed by atoms with E-state index >= 15 is 0 Å². The van der Waals surface area contributed by atoms with Crippen LogP contribution in [0.4, 0.5) is 4.79 Å². The molecule has 0 spiro atoms. The first-order valence-corrected chi connectivity index (χ1v) is 7.63. The van der Waals surface area contributed by atoms with Gasteiger partial charge in [0.05, 0.1) is 17.1 Å². The van der Waals surface area contributed by atoms with Crippen LogP contribution in [0.1, 0.15) is 20.3 Å². The van der Waals surface area contributed by atoms with E-state index in [-0.39, 0.29) is 0 Å². The number of rotatable bonds is 7. The van der Waals surface area contributed by atoms with E-state index in [9.17, 15) is 14.4 Å². The Balaban J connectivity index is 1.99. The van der Waals surface area contributed by atoms with E-state index in [0.717, 1.165) is 0 Å². The third-order valence-corrected chi connectivity index (χ3v) is 3.74. The molecule has 0 saturated carbocycles. The maximum atomic E-state index is 12.0. The highest BCUT2D eigenvalue weighted by molar-refractivity contribution is 5.74. The number of aromatic amines is 1. The Labute approximate surface area is 137 Å². The van der Waals surface area contributed by atoms with E-state index in [0.29, 0.717) is 30.6 Å². The second-order valence-corrected chi connectivity index (χ2v) is 5.45. The summed E-state index contributed by atoms with van der Waals surface area (Å²) in [5.41, 5.74) is -0.0200. The molecule has 0 aliphatic carbocycles. The zero-order valence-electron chi connectivity index (χ0n) is 13.5. The maximum absolute atomic E-state index is 12.0. The van der Waals surface area contributed by atoms with Crippen LogP contribution in [-0.4, -0.2) is 39.6 Å². The van der Waals surface area contributed by atoms with Gasteiger partial charge >= 0.3 is 17.3 Å². The number of benzene rings is 1. The fourth-order valence-corrected chi connectivity index (χ4v) is 2.33. The molecule has 2 N–H and O–H groups in total. The fourth-order valence-electron chi connectivity index (χ4n) is 2.33. The number of hydrogen-bond acceptors (Lipinski definition) is 5. The Bertz CT molecular complexity index is 825. The summed E-state index contributed by atoms with van der Waals surface area (Å²) < 4.78 is 11.5. The first-order chi connectivity index (χ1) is 11.4. The van der Waals surface area contributed by atoms with E-state index in [1.165, 1.54) is 4.57 Å². The predicted molar refractivity (Wildman–Crippen MR) is 87.4 cm³/mol.